The Morgan fingerprint density at radius 1 is 1.00 bits per heavy atom. The Labute approximate surface area is 158 Å². The average Bonchev–Trinajstić information content (AvgIpc) is 3.33. The highest BCUT2D eigenvalue weighted by Crippen LogP contribution is 2.31. The van der Waals surface area contributed by atoms with Crippen molar-refractivity contribution in [2.24, 2.45) is 0 Å². The van der Waals surface area contributed by atoms with E-state index in [-0.39, 0.29) is 5.76 Å². The number of benzene rings is 2. The van der Waals surface area contributed by atoms with Gasteiger partial charge in [0.15, 0.2) is 17.4 Å². The van der Waals surface area contributed by atoms with E-state index in [1.165, 1.54) is 17.4 Å². The molecule has 0 saturated carbocycles. The lowest BCUT2D eigenvalue weighted by Gasteiger charge is -2.05. The fourth-order valence-electron chi connectivity index (χ4n) is 2.46. The molecule has 7 heteroatoms. The molecular formula is C20H14N2O4S. The number of carbonyl (C=O) groups excluding carboxylic acids is 2. The Kier molecular flexibility index (Phi) is 4.67. The van der Waals surface area contributed by atoms with Crippen molar-refractivity contribution in [3.63, 3.8) is 0 Å². The summed E-state index contributed by atoms with van der Waals surface area (Å²) in [5, 5.41) is 3.32. The quantitative estimate of drug-likeness (QED) is 0.522. The Bertz CT molecular complexity index is 1070. The number of aromatic nitrogens is 1. The number of thiazole rings is 1. The SMILES string of the molecule is O=C(COC(=O)c1ccc(-c2nc3ccccc3s2)o1)Nc1ccccc1. The third-order valence-corrected chi connectivity index (χ3v) is 4.75. The van der Waals surface area contributed by atoms with Crippen LogP contribution >= 0.6 is 11.3 Å². The van der Waals surface area contributed by atoms with Crippen molar-refractivity contribution in [1.82, 2.24) is 4.98 Å². The summed E-state index contributed by atoms with van der Waals surface area (Å²) < 4.78 is 11.6. The van der Waals surface area contributed by atoms with E-state index in [0.717, 1.165) is 10.2 Å². The van der Waals surface area contributed by atoms with Gasteiger partial charge >= 0.3 is 5.97 Å². The molecule has 2 aromatic carbocycles. The van der Waals surface area contributed by atoms with Crippen LogP contribution in [0.15, 0.2) is 71.1 Å². The monoisotopic (exact) mass is 378 g/mol. The summed E-state index contributed by atoms with van der Waals surface area (Å²) in [5.74, 6) is -0.619. The minimum atomic E-state index is -0.703. The predicted octanol–water partition coefficient (Wildman–Crippen LogP) is 4.35. The van der Waals surface area contributed by atoms with Gasteiger partial charge in [0.05, 0.1) is 10.2 Å². The lowest BCUT2D eigenvalue weighted by atomic mass is 10.3. The molecule has 0 atom stereocenters. The first kappa shape index (κ1) is 17.0. The molecule has 1 N–H and O–H groups in total. The van der Waals surface area contributed by atoms with Crippen molar-refractivity contribution >= 4 is 39.1 Å². The fraction of sp³-hybridized carbons (Fsp3) is 0.0500. The highest BCUT2D eigenvalue weighted by molar-refractivity contribution is 7.21. The van der Waals surface area contributed by atoms with Crippen molar-refractivity contribution in [1.29, 1.82) is 0 Å². The lowest BCUT2D eigenvalue weighted by molar-refractivity contribution is -0.119. The smallest absolute Gasteiger partial charge is 0.374 e. The van der Waals surface area contributed by atoms with Crippen molar-refractivity contribution in [2.75, 3.05) is 11.9 Å². The van der Waals surface area contributed by atoms with E-state index in [2.05, 4.69) is 10.3 Å². The Morgan fingerprint density at radius 2 is 1.78 bits per heavy atom. The first-order chi connectivity index (χ1) is 13.2. The maximum absolute atomic E-state index is 12.1. The van der Waals surface area contributed by atoms with Gasteiger partial charge in [-0.1, -0.05) is 30.3 Å². The first-order valence-corrected chi connectivity index (χ1v) is 8.98. The molecule has 0 aliphatic heterocycles. The molecule has 0 aliphatic rings. The van der Waals surface area contributed by atoms with Crippen LogP contribution in [0.1, 0.15) is 10.6 Å². The minimum Gasteiger partial charge on any atom is -0.450 e. The highest BCUT2D eigenvalue weighted by atomic mass is 32.1. The molecular weight excluding hydrogens is 364 g/mol. The van der Waals surface area contributed by atoms with Crippen LogP contribution in [0.2, 0.25) is 0 Å². The molecule has 0 unspecified atom stereocenters. The van der Waals surface area contributed by atoms with Crippen molar-refractivity contribution < 1.29 is 18.7 Å². The summed E-state index contributed by atoms with van der Waals surface area (Å²) in [5.41, 5.74) is 1.50. The van der Waals surface area contributed by atoms with Crippen molar-refractivity contribution in [3.05, 3.63) is 72.5 Å². The molecule has 134 valence electrons. The zero-order chi connectivity index (χ0) is 18.6. The summed E-state index contributed by atoms with van der Waals surface area (Å²) in [7, 11) is 0. The molecule has 4 aromatic rings. The molecule has 0 fully saturated rings. The normalized spacial score (nSPS) is 10.7. The second-order valence-corrected chi connectivity index (χ2v) is 6.67. The average molecular weight is 378 g/mol. The summed E-state index contributed by atoms with van der Waals surface area (Å²) >= 11 is 1.47. The second-order valence-electron chi connectivity index (χ2n) is 5.64. The molecule has 0 aliphatic carbocycles. The van der Waals surface area contributed by atoms with Gasteiger partial charge < -0.3 is 14.5 Å². The lowest BCUT2D eigenvalue weighted by Crippen LogP contribution is -2.20. The number of para-hydroxylation sites is 2. The van der Waals surface area contributed by atoms with Crippen LogP contribution in [0.25, 0.3) is 21.0 Å². The number of rotatable bonds is 5. The molecule has 0 saturated heterocycles. The number of esters is 1. The summed E-state index contributed by atoms with van der Waals surface area (Å²) in [6, 6.07) is 19.9. The number of anilines is 1. The maximum Gasteiger partial charge on any atom is 0.374 e. The number of fused-ring (bicyclic) bond motifs is 1. The van der Waals surface area contributed by atoms with Crippen LogP contribution in [0, 0.1) is 0 Å². The first-order valence-electron chi connectivity index (χ1n) is 8.17. The van der Waals surface area contributed by atoms with Crippen LogP contribution in [0.3, 0.4) is 0 Å². The van der Waals surface area contributed by atoms with Crippen LogP contribution in [-0.4, -0.2) is 23.5 Å². The van der Waals surface area contributed by atoms with Gasteiger partial charge in [-0.2, -0.15) is 0 Å². The molecule has 0 spiro atoms. The van der Waals surface area contributed by atoms with Gasteiger partial charge in [0.25, 0.3) is 5.91 Å². The third kappa shape index (κ3) is 3.88. The zero-order valence-corrected chi connectivity index (χ0v) is 14.9. The largest absolute Gasteiger partial charge is 0.450 e. The number of nitrogens with one attached hydrogen (secondary N) is 1. The number of amides is 1. The van der Waals surface area contributed by atoms with Crippen LogP contribution < -0.4 is 5.32 Å². The van der Waals surface area contributed by atoms with E-state index in [4.69, 9.17) is 9.15 Å². The minimum absolute atomic E-state index is 0.0248. The number of nitrogens with zero attached hydrogens (tertiary/aromatic N) is 1. The van der Waals surface area contributed by atoms with Gasteiger partial charge in [-0.25, -0.2) is 9.78 Å². The van der Waals surface area contributed by atoms with Crippen molar-refractivity contribution in [2.45, 2.75) is 0 Å². The highest BCUT2D eigenvalue weighted by Gasteiger charge is 2.17. The van der Waals surface area contributed by atoms with E-state index in [1.807, 2.05) is 30.3 Å². The van der Waals surface area contributed by atoms with Gasteiger partial charge in [0.2, 0.25) is 5.76 Å². The molecule has 4 rings (SSSR count). The zero-order valence-electron chi connectivity index (χ0n) is 14.0. The number of ether oxygens (including phenoxy) is 1. The Hall–Kier alpha value is -3.45. The van der Waals surface area contributed by atoms with Crippen molar-refractivity contribution in [3.8, 4) is 10.8 Å². The predicted molar refractivity (Wildman–Crippen MR) is 103 cm³/mol. The van der Waals surface area contributed by atoms with Crippen LogP contribution in [0.5, 0.6) is 0 Å². The standard InChI is InChI=1S/C20H14N2O4S/c23-18(21-13-6-2-1-3-7-13)12-25-20(24)16-11-10-15(26-16)19-22-14-8-4-5-9-17(14)27-19/h1-11H,12H2,(H,21,23). The van der Waals surface area contributed by atoms with E-state index in [1.54, 1.807) is 30.3 Å². The molecule has 2 heterocycles. The fourth-order valence-corrected chi connectivity index (χ4v) is 3.39. The molecule has 0 radical (unpaired) electrons. The second kappa shape index (κ2) is 7.43. The van der Waals surface area contributed by atoms with Gasteiger partial charge in [-0.3, -0.25) is 4.79 Å². The Balaban J connectivity index is 1.39. The van der Waals surface area contributed by atoms with Gasteiger partial charge in [0, 0.05) is 5.69 Å². The molecule has 27 heavy (non-hydrogen) atoms. The number of hydrogen-bond donors (Lipinski definition) is 1. The van der Waals surface area contributed by atoms with E-state index >= 15 is 0 Å². The maximum atomic E-state index is 12.1. The molecule has 0 bridgehead atoms. The number of carbonyl (C=O) groups is 2. The summed E-state index contributed by atoms with van der Waals surface area (Å²) in [6.45, 7) is -0.398. The third-order valence-electron chi connectivity index (χ3n) is 3.70. The number of hydrogen-bond acceptors (Lipinski definition) is 6. The topological polar surface area (TPSA) is 81.4 Å². The molecule has 6 nitrogen and oxygen atoms in total. The van der Waals surface area contributed by atoms with Gasteiger partial charge in [-0.15, -0.1) is 11.3 Å². The van der Waals surface area contributed by atoms with Gasteiger partial charge in [0.1, 0.15) is 0 Å². The molecule has 2 aromatic heterocycles. The van der Waals surface area contributed by atoms with E-state index in [9.17, 15) is 9.59 Å². The van der Waals surface area contributed by atoms with Gasteiger partial charge in [-0.05, 0) is 36.4 Å². The van der Waals surface area contributed by atoms with Crippen LogP contribution in [-0.2, 0) is 9.53 Å². The molecule has 1 amide bonds. The number of furan rings is 1. The van der Waals surface area contributed by atoms with E-state index in [0.29, 0.717) is 16.5 Å². The van der Waals surface area contributed by atoms with Crippen LogP contribution in [0.4, 0.5) is 5.69 Å². The summed E-state index contributed by atoms with van der Waals surface area (Å²) in [4.78, 5) is 28.4. The van der Waals surface area contributed by atoms with E-state index < -0.39 is 18.5 Å². The Morgan fingerprint density at radius 3 is 2.59 bits per heavy atom. The summed E-state index contributed by atoms with van der Waals surface area (Å²) in [6.07, 6.45) is 0.